The van der Waals surface area contributed by atoms with Gasteiger partial charge in [-0.3, -0.25) is 4.79 Å². The van der Waals surface area contributed by atoms with E-state index in [1.165, 1.54) is 36.9 Å². The van der Waals surface area contributed by atoms with Crippen LogP contribution in [-0.2, 0) is 4.79 Å². The Bertz CT molecular complexity index is 548. The van der Waals surface area contributed by atoms with Gasteiger partial charge in [-0.25, -0.2) is 0 Å². The molecule has 2 heterocycles. The van der Waals surface area contributed by atoms with Crippen molar-refractivity contribution >= 4 is 12.0 Å². The molecular formula is C18H21NO. The molecule has 1 saturated carbocycles. The maximum absolute atomic E-state index is 12.7. The van der Waals surface area contributed by atoms with Crippen LogP contribution in [0.2, 0.25) is 0 Å². The zero-order chi connectivity index (χ0) is 13.5. The summed E-state index contributed by atoms with van der Waals surface area (Å²) < 4.78 is 0. The van der Waals surface area contributed by atoms with Crippen LogP contribution in [0.25, 0.3) is 6.08 Å². The van der Waals surface area contributed by atoms with Gasteiger partial charge < -0.3 is 4.90 Å². The fourth-order valence-corrected chi connectivity index (χ4v) is 4.46. The van der Waals surface area contributed by atoms with Crippen LogP contribution in [0.5, 0.6) is 0 Å². The number of fused-ring (bicyclic) bond motifs is 3. The maximum atomic E-state index is 12.7. The minimum Gasteiger partial charge on any atom is -0.313 e. The molecule has 3 aliphatic rings. The summed E-state index contributed by atoms with van der Waals surface area (Å²) in [5.41, 5.74) is 2.46. The molecule has 0 aromatic heterocycles. The van der Waals surface area contributed by atoms with Crippen molar-refractivity contribution in [3.05, 3.63) is 41.6 Å². The second-order valence-electron chi connectivity index (χ2n) is 6.42. The minimum absolute atomic E-state index is 0.327. The Hall–Kier alpha value is -1.57. The summed E-state index contributed by atoms with van der Waals surface area (Å²) in [6.07, 6.45) is 9.39. The Morgan fingerprint density at radius 2 is 1.85 bits per heavy atom. The van der Waals surface area contributed by atoms with E-state index in [-0.39, 0.29) is 0 Å². The number of hydrogen-bond donors (Lipinski definition) is 0. The van der Waals surface area contributed by atoms with Gasteiger partial charge in [-0.15, -0.1) is 0 Å². The van der Waals surface area contributed by atoms with Gasteiger partial charge in [-0.1, -0.05) is 43.2 Å². The number of carbonyl (C=O) groups excluding carboxylic acids is 1. The molecule has 1 aromatic rings. The molecule has 2 nitrogen and oxygen atoms in total. The monoisotopic (exact) mass is 267 g/mol. The van der Waals surface area contributed by atoms with E-state index in [0.29, 0.717) is 23.8 Å². The Balaban J connectivity index is 1.65. The molecule has 20 heavy (non-hydrogen) atoms. The van der Waals surface area contributed by atoms with Gasteiger partial charge in [0.1, 0.15) is 0 Å². The minimum atomic E-state index is 0.327. The molecule has 0 unspecified atom stereocenters. The normalized spacial score (nSPS) is 34.4. The first kappa shape index (κ1) is 12.2. The van der Waals surface area contributed by atoms with Gasteiger partial charge in [0.05, 0.1) is 0 Å². The fourth-order valence-electron chi connectivity index (χ4n) is 4.46. The Labute approximate surface area is 120 Å². The molecule has 0 spiro atoms. The standard InChI is InChI=1S/C18H21NO/c20-18-16-9-5-4-8-15(16)17-11-10-14(19(17)18)12-13-6-2-1-3-7-13/h1-3,6-7,12,15-17H,4-5,8-11H2/b14-12-/t15-,16+,17-/m0/s1. The largest absolute Gasteiger partial charge is 0.313 e. The quantitative estimate of drug-likeness (QED) is 0.757. The van der Waals surface area contributed by atoms with E-state index in [1.807, 2.05) is 6.07 Å². The van der Waals surface area contributed by atoms with Crippen LogP contribution in [0.4, 0.5) is 0 Å². The first-order chi connectivity index (χ1) is 9.84. The molecule has 3 atom stereocenters. The molecule has 1 amide bonds. The van der Waals surface area contributed by atoms with E-state index in [4.69, 9.17) is 0 Å². The van der Waals surface area contributed by atoms with Crippen LogP contribution in [0.15, 0.2) is 36.0 Å². The van der Waals surface area contributed by atoms with Crippen molar-refractivity contribution in [2.45, 2.75) is 44.6 Å². The molecule has 0 N–H and O–H groups in total. The lowest BCUT2D eigenvalue weighted by molar-refractivity contribution is -0.130. The highest BCUT2D eigenvalue weighted by Crippen LogP contribution is 2.48. The number of allylic oxidation sites excluding steroid dienone is 1. The molecule has 104 valence electrons. The SMILES string of the molecule is O=C1[C@@H]2CCCC[C@@H]2[C@@H]2CC/C(=C/c3ccccc3)N12. The third kappa shape index (κ3) is 1.81. The smallest absolute Gasteiger partial charge is 0.230 e. The van der Waals surface area contributed by atoms with Gasteiger partial charge in [-0.2, -0.15) is 0 Å². The van der Waals surface area contributed by atoms with Crippen molar-refractivity contribution in [3.63, 3.8) is 0 Å². The lowest BCUT2D eigenvalue weighted by atomic mass is 9.77. The van der Waals surface area contributed by atoms with Crippen LogP contribution >= 0.6 is 0 Å². The summed E-state index contributed by atoms with van der Waals surface area (Å²) in [6.45, 7) is 0. The van der Waals surface area contributed by atoms with Crippen molar-refractivity contribution in [1.29, 1.82) is 0 Å². The summed E-state index contributed by atoms with van der Waals surface area (Å²) in [4.78, 5) is 14.9. The number of rotatable bonds is 1. The third-order valence-electron chi connectivity index (χ3n) is 5.34. The molecular weight excluding hydrogens is 246 g/mol. The number of amides is 1. The van der Waals surface area contributed by atoms with E-state index in [9.17, 15) is 4.79 Å². The third-order valence-corrected chi connectivity index (χ3v) is 5.34. The zero-order valence-corrected chi connectivity index (χ0v) is 11.8. The van der Waals surface area contributed by atoms with Crippen molar-refractivity contribution in [2.75, 3.05) is 0 Å². The zero-order valence-electron chi connectivity index (χ0n) is 11.8. The summed E-state index contributed by atoms with van der Waals surface area (Å²) in [5.74, 6) is 1.38. The Morgan fingerprint density at radius 1 is 1.05 bits per heavy atom. The molecule has 3 fully saturated rings. The fraction of sp³-hybridized carbons (Fsp3) is 0.500. The van der Waals surface area contributed by atoms with Gasteiger partial charge >= 0.3 is 0 Å². The average Bonchev–Trinajstić information content (AvgIpc) is 3.02. The van der Waals surface area contributed by atoms with E-state index < -0.39 is 0 Å². The predicted molar refractivity (Wildman–Crippen MR) is 79.7 cm³/mol. The van der Waals surface area contributed by atoms with Gasteiger partial charge in [0.2, 0.25) is 5.91 Å². The lowest BCUT2D eigenvalue weighted by Crippen LogP contribution is -2.27. The van der Waals surface area contributed by atoms with Gasteiger partial charge in [0.15, 0.2) is 0 Å². The lowest BCUT2D eigenvalue weighted by Gasteiger charge is -2.25. The molecule has 0 bridgehead atoms. The molecule has 2 heteroatoms. The Morgan fingerprint density at radius 3 is 2.70 bits per heavy atom. The van der Waals surface area contributed by atoms with Crippen LogP contribution in [-0.4, -0.2) is 16.8 Å². The number of carbonyl (C=O) groups is 1. The van der Waals surface area contributed by atoms with Crippen molar-refractivity contribution < 1.29 is 4.79 Å². The first-order valence-corrected chi connectivity index (χ1v) is 7.93. The highest BCUT2D eigenvalue weighted by Gasteiger charge is 2.51. The van der Waals surface area contributed by atoms with E-state index in [1.54, 1.807) is 0 Å². The summed E-state index contributed by atoms with van der Waals surface area (Å²) >= 11 is 0. The van der Waals surface area contributed by atoms with Gasteiger partial charge in [0, 0.05) is 17.7 Å². The van der Waals surface area contributed by atoms with E-state index in [0.717, 1.165) is 12.8 Å². The van der Waals surface area contributed by atoms with Crippen LogP contribution < -0.4 is 0 Å². The number of benzene rings is 1. The molecule has 1 aliphatic carbocycles. The van der Waals surface area contributed by atoms with Gasteiger partial charge in [0.25, 0.3) is 0 Å². The topological polar surface area (TPSA) is 20.3 Å². The summed E-state index contributed by atoms with van der Waals surface area (Å²) in [6, 6.07) is 10.9. The van der Waals surface area contributed by atoms with Crippen molar-refractivity contribution in [2.24, 2.45) is 11.8 Å². The highest BCUT2D eigenvalue weighted by molar-refractivity contribution is 5.85. The Kier molecular flexibility index (Phi) is 2.90. The van der Waals surface area contributed by atoms with Crippen LogP contribution in [0.3, 0.4) is 0 Å². The summed E-state index contributed by atoms with van der Waals surface area (Å²) in [7, 11) is 0. The van der Waals surface area contributed by atoms with Crippen molar-refractivity contribution in [3.8, 4) is 0 Å². The molecule has 2 saturated heterocycles. The average molecular weight is 267 g/mol. The summed E-state index contributed by atoms with van der Waals surface area (Å²) in [5, 5.41) is 0. The molecule has 4 rings (SSSR count). The van der Waals surface area contributed by atoms with E-state index >= 15 is 0 Å². The van der Waals surface area contributed by atoms with Crippen LogP contribution in [0.1, 0.15) is 44.1 Å². The van der Waals surface area contributed by atoms with Crippen molar-refractivity contribution in [1.82, 2.24) is 4.90 Å². The van der Waals surface area contributed by atoms with Crippen LogP contribution in [0, 0.1) is 11.8 Å². The molecule has 0 radical (unpaired) electrons. The number of hydrogen-bond acceptors (Lipinski definition) is 1. The van der Waals surface area contributed by atoms with E-state index in [2.05, 4.69) is 35.2 Å². The highest BCUT2D eigenvalue weighted by atomic mass is 16.2. The second kappa shape index (κ2) is 4.76. The predicted octanol–water partition coefficient (Wildman–Crippen LogP) is 3.84. The van der Waals surface area contributed by atoms with Gasteiger partial charge in [-0.05, 0) is 43.2 Å². The maximum Gasteiger partial charge on any atom is 0.230 e. The second-order valence-corrected chi connectivity index (χ2v) is 6.42. The molecule has 2 aliphatic heterocycles. The first-order valence-electron chi connectivity index (χ1n) is 7.93. The number of nitrogens with zero attached hydrogens (tertiary/aromatic N) is 1. The molecule has 1 aromatic carbocycles.